The van der Waals surface area contributed by atoms with Crippen molar-refractivity contribution in [3.05, 3.63) is 59.7 Å². The predicted octanol–water partition coefficient (Wildman–Crippen LogP) is 3.98. The minimum Gasteiger partial charge on any atom is -0.545 e. The van der Waals surface area contributed by atoms with E-state index in [-0.39, 0.29) is 11.7 Å². The van der Waals surface area contributed by atoms with Crippen LogP contribution in [0.15, 0.2) is 48.5 Å². The third-order valence-corrected chi connectivity index (χ3v) is 3.95. The molecule has 2 rings (SSSR count). The van der Waals surface area contributed by atoms with E-state index >= 15 is 0 Å². The van der Waals surface area contributed by atoms with Crippen LogP contribution in [-0.4, -0.2) is 12.6 Å². The maximum atomic E-state index is 10.8. The highest BCUT2D eigenvalue weighted by Gasteiger charge is 2.06. The molecule has 0 fully saturated rings. The zero-order valence-corrected chi connectivity index (χ0v) is 13.7. The number of carboxylic acids is 1. The van der Waals surface area contributed by atoms with Crippen molar-refractivity contribution < 1.29 is 14.6 Å². The number of hydrogen-bond acceptors (Lipinski definition) is 3. The van der Waals surface area contributed by atoms with Gasteiger partial charge < -0.3 is 14.6 Å². The first kappa shape index (κ1) is 17.2. The molecular weight excluding hydrogens is 288 g/mol. The summed E-state index contributed by atoms with van der Waals surface area (Å²) >= 11 is 0. The number of aromatic carboxylic acids is 1. The van der Waals surface area contributed by atoms with Crippen molar-refractivity contribution in [2.75, 3.05) is 6.61 Å². The quantitative estimate of drug-likeness (QED) is 0.693. The Morgan fingerprint density at radius 3 is 2.09 bits per heavy atom. The first-order chi connectivity index (χ1) is 11.1. The van der Waals surface area contributed by atoms with Crippen LogP contribution in [0.3, 0.4) is 0 Å². The van der Waals surface area contributed by atoms with E-state index in [1.165, 1.54) is 12.8 Å². The second kappa shape index (κ2) is 8.49. The molecule has 3 nitrogen and oxygen atoms in total. The second-order valence-corrected chi connectivity index (χ2v) is 5.71. The Morgan fingerprint density at radius 1 is 1.00 bits per heavy atom. The van der Waals surface area contributed by atoms with Gasteiger partial charge in [0.05, 0.1) is 12.1 Å². The fourth-order valence-corrected chi connectivity index (χ4v) is 2.45. The average Bonchev–Trinajstić information content (AvgIpc) is 2.59. The molecule has 0 radical (unpaired) electrons. The normalized spacial score (nSPS) is 12.1. The summed E-state index contributed by atoms with van der Waals surface area (Å²) in [5, 5.41) is 10.8. The van der Waals surface area contributed by atoms with Crippen LogP contribution in [0.1, 0.15) is 55.1 Å². The molecule has 0 bridgehead atoms. The van der Waals surface area contributed by atoms with Crippen LogP contribution in [0, 0.1) is 0 Å². The lowest BCUT2D eigenvalue weighted by Crippen LogP contribution is -2.21. The first-order valence-corrected chi connectivity index (χ1v) is 8.15. The van der Waals surface area contributed by atoms with Crippen LogP contribution in [0.5, 0.6) is 0 Å². The molecule has 2 aromatic rings. The van der Waals surface area contributed by atoms with Gasteiger partial charge in [-0.2, -0.15) is 0 Å². The molecule has 0 aliphatic heterocycles. The molecule has 0 unspecified atom stereocenters. The van der Waals surface area contributed by atoms with E-state index in [4.69, 9.17) is 4.74 Å². The van der Waals surface area contributed by atoms with Crippen molar-refractivity contribution in [1.29, 1.82) is 0 Å². The fraction of sp³-hybridized carbons (Fsp3) is 0.350. The van der Waals surface area contributed by atoms with E-state index in [9.17, 15) is 9.90 Å². The van der Waals surface area contributed by atoms with Crippen LogP contribution in [0.4, 0.5) is 0 Å². The fourth-order valence-electron chi connectivity index (χ4n) is 2.45. The second-order valence-electron chi connectivity index (χ2n) is 5.71. The summed E-state index contributed by atoms with van der Waals surface area (Å²) in [5.74, 6) is -1.15. The number of ether oxygens (including phenoxy) is 1. The summed E-state index contributed by atoms with van der Waals surface area (Å²) in [6.07, 6.45) is 3.58. The topological polar surface area (TPSA) is 49.4 Å². The third-order valence-electron chi connectivity index (χ3n) is 3.95. The molecule has 0 saturated carbocycles. The number of carbonyl (C=O) groups is 1. The van der Waals surface area contributed by atoms with Crippen molar-refractivity contribution in [2.24, 2.45) is 0 Å². The Hall–Kier alpha value is -2.13. The Morgan fingerprint density at radius 2 is 1.57 bits per heavy atom. The molecule has 0 heterocycles. The molecule has 1 atom stereocenters. The molecule has 0 amide bonds. The van der Waals surface area contributed by atoms with Crippen LogP contribution >= 0.6 is 0 Å². The van der Waals surface area contributed by atoms with E-state index in [1.807, 2.05) is 12.1 Å². The molecule has 0 aliphatic carbocycles. The molecule has 0 N–H and O–H groups in total. The SMILES string of the molecule is CCCCCO[C@@H](C)c1ccc(-c2ccc(C(=O)[O-])cc2)cc1. The smallest absolute Gasteiger partial charge is 0.0796 e. The molecule has 0 aromatic heterocycles. The number of unbranched alkanes of at least 4 members (excludes halogenated alkanes) is 2. The standard InChI is InChI=1S/C20H24O3/c1-3-4-5-14-23-15(2)16-6-8-17(9-7-16)18-10-12-19(13-11-18)20(21)22/h6-13,15H,3-5,14H2,1-2H3,(H,21,22)/p-1/t15-/m0/s1. The summed E-state index contributed by atoms with van der Waals surface area (Å²) < 4.78 is 5.85. The molecule has 23 heavy (non-hydrogen) atoms. The lowest BCUT2D eigenvalue weighted by Gasteiger charge is -2.14. The maximum absolute atomic E-state index is 10.8. The van der Waals surface area contributed by atoms with Crippen molar-refractivity contribution in [3.63, 3.8) is 0 Å². The lowest BCUT2D eigenvalue weighted by atomic mass is 10.0. The largest absolute Gasteiger partial charge is 0.545 e. The molecular formula is C20H23O3-. The summed E-state index contributed by atoms with van der Waals surface area (Å²) in [4.78, 5) is 10.8. The van der Waals surface area contributed by atoms with Crippen LogP contribution in [-0.2, 0) is 4.74 Å². The van der Waals surface area contributed by atoms with Crippen LogP contribution < -0.4 is 5.11 Å². The van der Waals surface area contributed by atoms with Crippen molar-refractivity contribution in [1.82, 2.24) is 0 Å². The van der Waals surface area contributed by atoms with Gasteiger partial charge in [0.1, 0.15) is 0 Å². The van der Waals surface area contributed by atoms with Gasteiger partial charge in [-0.15, -0.1) is 0 Å². The van der Waals surface area contributed by atoms with Crippen molar-refractivity contribution in [2.45, 2.75) is 39.2 Å². The van der Waals surface area contributed by atoms with E-state index in [2.05, 4.69) is 26.0 Å². The van der Waals surface area contributed by atoms with Crippen LogP contribution in [0.25, 0.3) is 11.1 Å². The average molecular weight is 311 g/mol. The van der Waals surface area contributed by atoms with Crippen LogP contribution in [0.2, 0.25) is 0 Å². The number of rotatable bonds is 8. The molecule has 0 spiro atoms. The van der Waals surface area contributed by atoms with Gasteiger partial charge in [0.2, 0.25) is 0 Å². The van der Waals surface area contributed by atoms with E-state index in [1.54, 1.807) is 24.3 Å². The Kier molecular flexibility index (Phi) is 6.36. The van der Waals surface area contributed by atoms with E-state index < -0.39 is 5.97 Å². The van der Waals surface area contributed by atoms with Gasteiger partial charge in [-0.25, -0.2) is 0 Å². The van der Waals surface area contributed by atoms with E-state index in [0.717, 1.165) is 29.7 Å². The minimum atomic E-state index is -1.15. The third kappa shape index (κ3) is 4.93. The molecule has 2 aromatic carbocycles. The minimum absolute atomic E-state index is 0.0846. The Labute approximate surface area is 137 Å². The highest BCUT2D eigenvalue weighted by atomic mass is 16.5. The van der Waals surface area contributed by atoms with Gasteiger partial charge in [0, 0.05) is 6.61 Å². The molecule has 122 valence electrons. The van der Waals surface area contributed by atoms with Gasteiger partial charge in [-0.1, -0.05) is 68.3 Å². The maximum Gasteiger partial charge on any atom is 0.0796 e. The predicted molar refractivity (Wildman–Crippen MR) is 90.1 cm³/mol. The number of carboxylic acid groups (broad SMARTS) is 1. The summed E-state index contributed by atoms with van der Waals surface area (Å²) in [5.41, 5.74) is 3.38. The zero-order chi connectivity index (χ0) is 16.7. The van der Waals surface area contributed by atoms with Gasteiger partial charge in [-0.05, 0) is 35.6 Å². The number of carbonyl (C=O) groups excluding carboxylic acids is 1. The Balaban J connectivity index is 1.99. The highest BCUT2D eigenvalue weighted by molar-refractivity contribution is 5.86. The first-order valence-electron chi connectivity index (χ1n) is 8.15. The lowest BCUT2D eigenvalue weighted by molar-refractivity contribution is -0.255. The number of hydrogen-bond donors (Lipinski definition) is 0. The zero-order valence-electron chi connectivity index (χ0n) is 13.7. The number of benzene rings is 2. The molecule has 0 aliphatic rings. The molecule has 3 heteroatoms. The van der Waals surface area contributed by atoms with Crippen molar-refractivity contribution in [3.8, 4) is 11.1 Å². The molecule has 0 saturated heterocycles. The monoisotopic (exact) mass is 311 g/mol. The summed E-state index contributed by atoms with van der Waals surface area (Å²) in [6.45, 7) is 5.04. The Bertz CT molecular complexity index is 614. The van der Waals surface area contributed by atoms with Gasteiger partial charge >= 0.3 is 0 Å². The van der Waals surface area contributed by atoms with Gasteiger partial charge in [0.15, 0.2) is 0 Å². The summed E-state index contributed by atoms with van der Waals surface area (Å²) in [7, 11) is 0. The van der Waals surface area contributed by atoms with Gasteiger partial charge in [0.25, 0.3) is 0 Å². The van der Waals surface area contributed by atoms with E-state index in [0.29, 0.717) is 0 Å². The van der Waals surface area contributed by atoms with Crippen molar-refractivity contribution >= 4 is 5.97 Å². The summed E-state index contributed by atoms with van der Waals surface area (Å²) in [6, 6.07) is 14.9. The highest BCUT2D eigenvalue weighted by Crippen LogP contribution is 2.24. The van der Waals surface area contributed by atoms with Gasteiger partial charge in [-0.3, -0.25) is 0 Å².